The van der Waals surface area contributed by atoms with Crippen molar-refractivity contribution in [3.8, 4) is 0 Å². The number of sulfonamides is 1. The Bertz CT molecular complexity index is 531. The lowest BCUT2D eigenvalue weighted by molar-refractivity contribution is 0.0697. The topological polar surface area (TPSA) is 83.5 Å². The fourth-order valence-electron chi connectivity index (χ4n) is 1.66. The van der Waals surface area contributed by atoms with Crippen LogP contribution in [-0.2, 0) is 10.0 Å². The van der Waals surface area contributed by atoms with Gasteiger partial charge in [0.05, 0.1) is 5.56 Å². The van der Waals surface area contributed by atoms with E-state index >= 15 is 0 Å². The van der Waals surface area contributed by atoms with Crippen LogP contribution >= 0.6 is 23.1 Å². The first-order chi connectivity index (χ1) is 8.49. The summed E-state index contributed by atoms with van der Waals surface area (Å²) in [4.78, 5) is 10.7. The zero-order chi connectivity index (χ0) is 13.2. The van der Waals surface area contributed by atoms with Gasteiger partial charge in [-0.1, -0.05) is 0 Å². The van der Waals surface area contributed by atoms with Gasteiger partial charge in [0, 0.05) is 11.4 Å². The highest BCUT2D eigenvalue weighted by Gasteiger charge is 2.24. The molecule has 5 nitrogen and oxygen atoms in total. The van der Waals surface area contributed by atoms with Crippen LogP contribution < -0.4 is 4.72 Å². The molecule has 0 aliphatic carbocycles. The standard InChI is InChI=1S/C10H13NO4S3/c12-10(13)7-5-9(17-6-7)18(14,15)11-8-1-3-16-4-2-8/h5-6,8,11H,1-4H2,(H,12,13). The Kier molecular flexibility index (Phi) is 4.31. The van der Waals surface area contributed by atoms with Gasteiger partial charge < -0.3 is 5.11 Å². The van der Waals surface area contributed by atoms with Gasteiger partial charge in [0.15, 0.2) is 0 Å². The van der Waals surface area contributed by atoms with E-state index in [9.17, 15) is 13.2 Å². The second-order valence-electron chi connectivity index (χ2n) is 3.97. The minimum Gasteiger partial charge on any atom is -0.478 e. The molecule has 1 aliphatic rings. The number of carboxylic acid groups (broad SMARTS) is 1. The number of hydrogen-bond acceptors (Lipinski definition) is 5. The molecule has 8 heteroatoms. The average Bonchev–Trinajstić information content (AvgIpc) is 2.79. The molecule has 0 atom stereocenters. The molecule has 1 aromatic rings. The van der Waals surface area contributed by atoms with Crippen molar-refractivity contribution in [1.29, 1.82) is 0 Å². The molecule has 1 aliphatic heterocycles. The van der Waals surface area contributed by atoms with Gasteiger partial charge in [-0.25, -0.2) is 17.9 Å². The number of aromatic carboxylic acids is 1. The molecule has 18 heavy (non-hydrogen) atoms. The number of carboxylic acids is 1. The number of nitrogens with one attached hydrogen (secondary N) is 1. The molecular formula is C10H13NO4S3. The normalized spacial score (nSPS) is 17.8. The highest BCUT2D eigenvalue weighted by molar-refractivity contribution is 7.99. The molecule has 100 valence electrons. The minimum absolute atomic E-state index is 0.0135. The van der Waals surface area contributed by atoms with Crippen molar-refractivity contribution in [3.63, 3.8) is 0 Å². The fraction of sp³-hybridized carbons (Fsp3) is 0.500. The van der Waals surface area contributed by atoms with Gasteiger partial charge in [0.1, 0.15) is 4.21 Å². The molecule has 2 heterocycles. The first kappa shape index (κ1) is 13.9. The van der Waals surface area contributed by atoms with Crippen LogP contribution in [0.3, 0.4) is 0 Å². The van der Waals surface area contributed by atoms with Crippen molar-refractivity contribution < 1.29 is 18.3 Å². The third kappa shape index (κ3) is 3.25. The molecule has 0 spiro atoms. The Hall–Kier alpha value is -0.570. The summed E-state index contributed by atoms with van der Waals surface area (Å²) in [5.41, 5.74) is 0.0135. The Balaban J connectivity index is 2.11. The van der Waals surface area contributed by atoms with Crippen molar-refractivity contribution >= 4 is 39.1 Å². The van der Waals surface area contributed by atoms with Crippen molar-refractivity contribution in [2.24, 2.45) is 0 Å². The van der Waals surface area contributed by atoms with Crippen molar-refractivity contribution in [1.82, 2.24) is 4.72 Å². The minimum atomic E-state index is -3.58. The molecule has 0 saturated carbocycles. The highest BCUT2D eigenvalue weighted by atomic mass is 32.2. The number of thioether (sulfide) groups is 1. The van der Waals surface area contributed by atoms with Crippen molar-refractivity contribution in [2.45, 2.75) is 23.1 Å². The summed E-state index contributed by atoms with van der Waals surface area (Å²) in [5.74, 6) is 0.803. The molecule has 2 N–H and O–H groups in total. The molecule has 2 rings (SSSR count). The Labute approximate surface area is 114 Å². The Morgan fingerprint density at radius 3 is 2.61 bits per heavy atom. The van der Waals surface area contributed by atoms with Crippen molar-refractivity contribution in [2.75, 3.05) is 11.5 Å². The molecule has 0 unspecified atom stereocenters. The SMILES string of the molecule is O=C(O)c1csc(S(=O)(=O)NC2CCSCC2)c1. The summed E-state index contributed by atoms with van der Waals surface area (Å²) in [6.07, 6.45) is 1.64. The zero-order valence-electron chi connectivity index (χ0n) is 9.46. The van der Waals surface area contributed by atoms with Crippen LogP contribution in [-0.4, -0.2) is 37.0 Å². The van der Waals surface area contributed by atoms with Gasteiger partial charge in [-0.3, -0.25) is 0 Å². The molecule has 0 amide bonds. The van der Waals surface area contributed by atoms with Gasteiger partial charge in [-0.05, 0) is 30.4 Å². The summed E-state index contributed by atoms with van der Waals surface area (Å²) in [5, 5.41) is 10.1. The molecular weight excluding hydrogens is 294 g/mol. The quantitative estimate of drug-likeness (QED) is 0.883. The van der Waals surface area contributed by atoms with Crippen LogP contribution in [0, 0.1) is 0 Å². The molecule has 0 aromatic carbocycles. The third-order valence-electron chi connectivity index (χ3n) is 2.63. The van der Waals surface area contributed by atoms with Crippen LogP contribution in [0.25, 0.3) is 0 Å². The van der Waals surface area contributed by atoms with Crippen LogP contribution in [0.5, 0.6) is 0 Å². The van der Waals surface area contributed by atoms with Gasteiger partial charge >= 0.3 is 5.97 Å². The van der Waals surface area contributed by atoms with Crippen LogP contribution in [0.1, 0.15) is 23.2 Å². The predicted octanol–water partition coefficient (Wildman–Crippen LogP) is 1.62. The first-order valence-electron chi connectivity index (χ1n) is 5.41. The predicted molar refractivity (Wildman–Crippen MR) is 71.9 cm³/mol. The third-order valence-corrected chi connectivity index (χ3v) is 6.64. The van der Waals surface area contributed by atoms with Gasteiger partial charge in [0.25, 0.3) is 0 Å². The summed E-state index contributed by atoms with van der Waals surface area (Å²) in [6, 6.07) is 1.17. The Morgan fingerprint density at radius 2 is 2.06 bits per heavy atom. The monoisotopic (exact) mass is 307 g/mol. The summed E-state index contributed by atoms with van der Waals surface area (Å²) in [6.45, 7) is 0. The van der Waals surface area contributed by atoms with Gasteiger partial charge in [-0.2, -0.15) is 11.8 Å². The Morgan fingerprint density at radius 1 is 1.39 bits per heavy atom. The molecule has 1 aromatic heterocycles. The van der Waals surface area contributed by atoms with E-state index in [2.05, 4.69) is 4.72 Å². The summed E-state index contributed by atoms with van der Waals surface area (Å²) < 4.78 is 26.8. The van der Waals surface area contributed by atoms with Crippen LogP contribution in [0.2, 0.25) is 0 Å². The van der Waals surface area contributed by atoms with E-state index in [0.717, 1.165) is 35.7 Å². The maximum absolute atomic E-state index is 12.0. The highest BCUT2D eigenvalue weighted by Crippen LogP contribution is 2.23. The second-order valence-corrected chi connectivity index (χ2v) is 8.04. The maximum Gasteiger partial charge on any atom is 0.336 e. The molecule has 0 radical (unpaired) electrons. The van der Waals surface area contributed by atoms with Gasteiger partial charge in [-0.15, -0.1) is 11.3 Å². The number of thiophene rings is 1. The lowest BCUT2D eigenvalue weighted by atomic mass is 10.2. The van der Waals surface area contributed by atoms with E-state index in [1.807, 2.05) is 11.8 Å². The van der Waals surface area contributed by atoms with E-state index in [0.29, 0.717) is 0 Å². The van der Waals surface area contributed by atoms with Crippen molar-refractivity contribution in [3.05, 3.63) is 17.0 Å². The molecule has 1 fully saturated rings. The van der Waals surface area contributed by atoms with E-state index in [4.69, 9.17) is 5.11 Å². The number of hydrogen-bond donors (Lipinski definition) is 2. The smallest absolute Gasteiger partial charge is 0.336 e. The molecule has 0 bridgehead atoms. The second kappa shape index (κ2) is 5.60. The van der Waals surface area contributed by atoms with Crippen LogP contribution in [0.4, 0.5) is 0 Å². The van der Waals surface area contributed by atoms with E-state index in [1.165, 1.54) is 11.4 Å². The summed E-state index contributed by atoms with van der Waals surface area (Å²) in [7, 11) is -3.58. The van der Waals surface area contributed by atoms with Gasteiger partial charge in [0.2, 0.25) is 10.0 Å². The lowest BCUT2D eigenvalue weighted by Gasteiger charge is -2.21. The maximum atomic E-state index is 12.0. The molecule has 1 saturated heterocycles. The average molecular weight is 307 g/mol. The summed E-state index contributed by atoms with van der Waals surface area (Å²) >= 11 is 2.76. The number of carbonyl (C=O) groups is 1. The lowest BCUT2D eigenvalue weighted by Crippen LogP contribution is -2.36. The number of rotatable bonds is 4. The zero-order valence-corrected chi connectivity index (χ0v) is 11.9. The van der Waals surface area contributed by atoms with Crippen LogP contribution in [0.15, 0.2) is 15.7 Å². The first-order valence-corrected chi connectivity index (χ1v) is 8.93. The largest absolute Gasteiger partial charge is 0.478 e. The van der Waals surface area contributed by atoms with E-state index in [1.54, 1.807) is 0 Å². The fourth-order valence-corrected chi connectivity index (χ4v) is 5.24. The van der Waals surface area contributed by atoms with E-state index < -0.39 is 16.0 Å². The van der Waals surface area contributed by atoms with E-state index in [-0.39, 0.29) is 15.8 Å².